The summed E-state index contributed by atoms with van der Waals surface area (Å²) in [6.07, 6.45) is 0.540. The third-order valence-corrected chi connectivity index (χ3v) is 3.49. The van der Waals surface area contributed by atoms with Gasteiger partial charge in [0.05, 0.1) is 6.33 Å². The first-order valence-corrected chi connectivity index (χ1v) is 7.44. The van der Waals surface area contributed by atoms with Crippen LogP contribution in [0.3, 0.4) is 0 Å². The summed E-state index contributed by atoms with van der Waals surface area (Å²) in [5.74, 6) is -0.0343. The minimum atomic E-state index is -0.795. The van der Waals surface area contributed by atoms with Crippen LogP contribution in [0.25, 0.3) is 16.9 Å². The van der Waals surface area contributed by atoms with Crippen LogP contribution in [0, 0.1) is 6.92 Å². The molecule has 0 aliphatic carbocycles. The minimum absolute atomic E-state index is 0.216. The number of aryl methyl sites for hydroxylation is 1. The SMILES string of the molecule is CC(=O)OC(=O)NCc1ccc(-n2c(C)nc3c(=O)[nH]cnc32)cc1. The van der Waals surface area contributed by atoms with Crippen molar-refractivity contribution in [2.75, 3.05) is 0 Å². The monoisotopic (exact) mass is 341 g/mol. The van der Waals surface area contributed by atoms with Crippen LogP contribution in [-0.2, 0) is 16.1 Å². The molecule has 0 fully saturated rings. The van der Waals surface area contributed by atoms with Gasteiger partial charge in [0.25, 0.3) is 5.56 Å². The first kappa shape index (κ1) is 16.4. The number of hydrogen-bond donors (Lipinski definition) is 2. The molecule has 1 aromatic carbocycles. The van der Waals surface area contributed by atoms with E-state index in [4.69, 9.17) is 0 Å². The van der Waals surface area contributed by atoms with E-state index in [1.165, 1.54) is 6.33 Å². The normalized spacial score (nSPS) is 10.6. The van der Waals surface area contributed by atoms with E-state index in [1.54, 1.807) is 11.5 Å². The fourth-order valence-electron chi connectivity index (χ4n) is 2.43. The molecule has 0 aliphatic rings. The molecular weight excluding hydrogens is 326 g/mol. The molecule has 128 valence electrons. The van der Waals surface area contributed by atoms with Crippen molar-refractivity contribution in [3.63, 3.8) is 0 Å². The number of rotatable bonds is 3. The van der Waals surface area contributed by atoms with Crippen molar-refractivity contribution < 1.29 is 14.3 Å². The van der Waals surface area contributed by atoms with Crippen LogP contribution in [0.5, 0.6) is 0 Å². The molecule has 0 saturated heterocycles. The highest BCUT2D eigenvalue weighted by atomic mass is 16.6. The van der Waals surface area contributed by atoms with Crippen molar-refractivity contribution in [3.05, 3.63) is 52.3 Å². The summed E-state index contributed by atoms with van der Waals surface area (Å²) in [4.78, 5) is 44.7. The maximum absolute atomic E-state index is 11.8. The lowest BCUT2D eigenvalue weighted by atomic mass is 10.2. The Morgan fingerprint density at radius 1 is 1.28 bits per heavy atom. The van der Waals surface area contributed by atoms with E-state index >= 15 is 0 Å². The van der Waals surface area contributed by atoms with Gasteiger partial charge in [-0.2, -0.15) is 0 Å². The first-order valence-electron chi connectivity index (χ1n) is 7.44. The number of fused-ring (bicyclic) bond motifs is 1. The predicted octanol–water partition coefficient (Wildman–Crippen LogP) is 1.19. The van der Waals surface area contributed by atoms with E-state index < -0.39 is 12.1 Å². The smallest absolute Gasteiger partial charge is 0.377 e. The number of imidazole rings is 1. The fraction of sp³-hybridized carbons (Fsp3) is 0.188. The molecule has 9 nitrogen and oxygen atoms in total. The molecule has 0 radical (unpaired) electrons. The van der Waals surface area contributed by atoms with Gasteiger partial charge in [-0.3, -0.25) is 14.2 Å². The molecule has 0 bridgehead atoms. The molecule has 0 unspecified atom stereocenters. The van der Waals surface area contributed by atoms with Crippen LogP contribution >= 0.6 is 0 Å². The third-order valence-electron chi connectivity index (χ3n) is 3.49. The van der Waals surface area contributed by atoms with Crippen molar-refractivity contribution in [1.82, 2.24) is 24.8 Å². The Kier molecular flexibility index (Phi) is 4.29. The van der Waals surface area contributed by atoms with Crippen LogP contribution in [-0.4, -0.2) is 31.6 Å². The maximum Gasteiger partial charge on any atom is 0.415 e. The topological polar surface area (TPSA) is 119 Å². The number of H-pyrrole nitrogens is 1. The number of nitrogens with one attached hydrogen (secondary N) is 2. The largest absolute Gasteiger partial charge is 0.415 e. The quantitative estimate of drug-likeness (QED) is 0.545. The standard InChI is InChI=1S/C16H15N5O4/c1-9-20-13-14(18-8-19-15(13)23)21(9)12-5-3-11(4-6-12)7-17-16(24)25-10(2)22/h3-6,8H,7H2,1-2H3,(H,17,24)(H,18,19,23). The molecule has 25 heavy (non-hydrogen) atoms. The molecule has 2 N–H and O–H groups in total. The summed E-state index contributed by atoms with van der Waals surface area (Å²) in [5.41, 5.74) is 2.05. The number of aromatic amines is 1. The van der Waals surface area contributed by atoms with E-state index in [1.807, 2.05) is 24.3 Å². The zero-order valence-corrected chi connectivity index (χ0v) is 13.6. The van der Waals surface area contributed by atoms with E-state index in [2.05, 4.69) is 25.0 Å². The Labute approximate surface area is 141 Å². The number of alkyl carbamates (subject to hydrolysis) is 1. The van der Waals surface area contributed by atoms with Crippen LogP contribution in [0.2, 0.25) is 0 Å². The number of benzene rings is 1. The lowest BCUT2D eigenvalue weighted by Crippen LogP contribution is -2.25. The van der Waals surface area contributed by atoms with Gasteiger partial charge >= 0.3 is 12.1 Å². The highest BCUT2D eigenvalue weighted by Gasteiger charge is 2.13. The Morgan fingerprint density at radius 2 is 2.00 bits per heavy atom. The molecule has 0 spiro atoms. The number of amides is 1. The lowest BCUT2D eigenvalue weighted by Gasteiger charge is -2.08. The summed E-state index contributed by atoms with van der Waals surface area (Å²) in [7, 11) is 0. The number of hydrogen-bond acceptors (Lipinski definition) is 6. The van der Waals surface area contributed by atoms with Gasteiger partial charge in [0.15, 0.2) is 11.2 Å². The second-order valence-corrected chi connectivity index (χ2v) is 5.30. The molecule has 9 heteroatoms. The number of esters is 1. The second kappa shape index (κ2) is 6.56. The molecular formula is C16H15N5O4. The Hall–Kier alpha value is -3.49. The number of nitrogens with zero attached hydrogens (tertiary/aromatic N) is 3. The van der Waals surface area contributed by atoms with Crippen molar-refractivity contribution >= 4 is 23.2 Å². The summed E-state index contributed by atoms with van der Waals surface area (Å²) in [5, 5.41) is 2.47. The summed E-state index contributed by atoms with van der Waals surface area (Å²) >= 11 is 0. The van der Waals surface area contributed by atoms with E-state index in [-0.39, 0.29) is 17.6 Å². The maximum atomic E-state index is 11.8. The number of carbonyl (C=O) groups excluding carboxylic acids is 2. The van der Waals surface area contributed by atoms with Crippen LogP contribution < -0.4 is 10.9 Å². The van der Waals surface area contributed by atoms with Gasteiger partial charge in [0.2, 0.25) is 0 Å². The summed E-state index contributed by atoms with van der Waals surface area (Å²) in [6.45, 7) is 3.16. The highest BCUT2D eigenvalue weighted by Crippen LogP contribution is 2.17. The molecule has 0 saturated carbocycles. The Balaban J connectivity index is 1.83. The zero-order valence-electron chi connectivity index (χ0n) is 13.6. The number of aromatic nitrogens is 4. The molecule has 2 heterocycles. The van der Waals surface area contributed by atoms with Gasteiger partial charge in [-0.15, -0.1) is 0 Å². The minimum Gasteiger partial charge on any atom is -0.377 e. The van der Waals surface area contributed by atoms with Crippen LogP contribution in [0.4, 0.5) is 4.79 Å². The van der Waals surface area contributed by atoms with E-state index in [0.29, 0.717) is 11.5 Å². The third kappa shape index (κ3) is 3.39. The second-order valence-electron chi connectivity index (χ2n) is 5.30. The van der Waals surface area contributed by atoms with Gasteiger partial charge in [0.1, 0.15) is 5.82 Å². The Bertz CT molecular complexity index is 1000. The average Bonchev–Trinajstić information content (AvgIpc) is 2.90. The average molecular weight is 341 g/mol. The molecule has 2 aromatic heterocycles. The van der Waals surface area contributed by atoms with E-state index in [0.717, 1.165) is 18.2 Å². The van der Waals surface area contributed by atoms with Gasteiger partial charge in [-0.05, 0) is 24.6 Å². The predicted molar refractivity (Wildman–Crippen MR) is 88.2 cm³/mol. The molecule has 0 atom stereocenters. The fourth-order valence-corrected chi connectivity index (χ4v) is 2.43. The Morgan fingerprint density at radius 3 is 2.68 bits per heavy atom. The van der Waals surface area contributed by atoms with Crippen molar-refractivity contribution in [1.29, 1.82) is 0 Å². The first-order chi connectivity index (χ1) is 12.0. The van der Waals surface area contributed by atoms with Gasteiger partial charge in [0, 0.05) is 19.2 Å². The van der Waals surface area contributed by atoms with Gasteiger partial charge in [-0.1, -0.05) is 12.1 Å². The molecule has 3 aromatic rings. The van der Waals surface area contributed by atoms with Crippen molar-refractivity contribution in [2.45, 2.75) is 20.4 Å². The van der Waals surface area contributed by atoms with E-state index in [9.17, 15) is 14.4 Å². The molecule has 0 aliphatic heterocycles. The van der Waals surface area contributed by atoms with Crippen LogP contribution in [0.15, 0.2) is 35.4 Å². The molecule has 3 rings (SSSR count). The lowest BCUT2D eigenvalue weighted by molar-refractivity contribution is -0.134. The zero-order chi connectivity index (χ0) is 18.0. The summed E-state index contributed by atoms with van der Waals surface area (Å²) < 4.78 is 6.16. The highest BCUT2D eigenvalue weighted by molar-refractivity contribution is 5.82. The summed E-state index contributed by atoms with van der Waals surface area (Å²) in [6, 6.07) is 7.26. The van der Waals surface area contributed by atoms with Crippen LogP contribution in [0.1, 0.15) is 18.3 Å². The van der Waals surface area contributed by atoms with Gasteiger partial charge < -0.3 is 15.0 Å². The number of ether oxygens (including phenoxy) is 1. The number of carbonyl (C=O) groups is 2. The van der Waals surface area contributed by atoms with Gasteiger partial charge in [-0.25, -0.2) is 14.8 Å². The van der Waals surface area contributed by atoms with Crippen molar-refractivity contribution in [2.24, 2.45) is 0 Å². The molecule has 1 amide bonds. The van der Waals surface area contributed by atoms with Crippen molar-refractivity contribution in [3.8, 4) is 5.69 Å².